The average molecular weight is 580 g/mol. The van der Waals surface area contributed by atoms with Crippen LogP contribution in [0.2, 0.25) is 0 Å². The quantitative estimate of drug-likeness (QED) is 0.215. The van der Waals surface area contributed by atoms with Crippen LogP contribution in [-0.4, -0.2) is 12.9 Å². The van der Waals surface area contributed by atoms with Crippen molar-refractivity contribution in [3.8, 4) is 16.9 Å². The van der Waals surface area contributed by atoms with E-state index in [2.05, 4.69) is 71.9 Å². The molecular formula is C36H35BrO2. The van der Waals surface area contributed by atoms with Gasteiger partial charge in [-0.2, -0.15) is 0 Å². The van der Waals surface area contributed by atoms with Crippen LogP contribution in [0.25, 0.3) is 17.2 Å². The highest BCUT2D eigenvalue weighted by Gasteiger charge is 2.52. The number of hydrogen-bond acceptors (Lipinski definition) is 2. The normalized spacial score (nSPS) is 25.7. The van der Waals surface area contributed by atoms with E-state index in [1.807, 2.05) is 36.4 Å². The summed E-state index contributed by atoms with van der Waals surface area (Å²) < 4.78 is 6.80. The van der Waals surface area contributed by atoms with Gasteiger partial charge in [-0.3, -0.25) is 4.79 Å². The van der Waals surface area contributed by atoms with Crippen LogP contribution in [0.5, 0.6) is 5.75 Å². The van der Waals surface area contributed by atoms with E-state index in [0.29, 0.717) is 23.3 Å². The summed E-state index contributed by atoms with van der Waals surface area (Å²) in [5, 5.41) is 0. The Morgan fingerprint density at radius 3 is 2.64 bits per heavy atom. The van der Waals surface area contributed by atoms with E-state index in [9.17, 15) is 4.79 Å². The third-order valence-electron chi connectivity index (χ3n) is 9.61. The van der Waals surface area contributed by atoms with Gasteiger partial charge in [0.25, 0.3) is 0 Å². The first kappa shape index (κ1) is 26.1. The number of methoxy groups -OCH3 is 1. The van der Waals surface area contributed by atoms with E-state index in [0.717, 1.165) is 35.3 Å². The van der Waals surface area contributed by atoms with Crippen molar-refractivity contribution in [1.29, 1.82) is 0 Å². The van der Waals surface area contributed by atoms with Crippen LogP contribution in [0.3, 0.4) is 0 Å². The minimum absolute atomic E-state index is 0.0470. The lowest BCUT2D eigenvalue weighted by molar-refractivity contribution is 0.0804. The lowest BCUT2D eigenvalue weighted by Gasteiger charge is -2.49. The lowest BCUT2D eigenvalue weighted by Crippen LogP contribution is -2.40. The molecule has 1 saturated carbocycles. The number of aryl methyl sites for hydroxylation is 1. The van der Waals surface area contributed by atoms with Gasteiger partial charge < -0.3 is 4.74 Å². The Kier molecular flexibility index (Phi) is 6.97. The summed E-state index contributed by atoms with van der Waals surface area (Å²) in [7, 11) is 1.75. The molecule has 0 N–H and O–H groups in total. The average Bonchev–Trinajstić information content (AvgIpc) is 3.25. The van der Waals surface area contributed by atoms with Gasteiger partial charge in [0.1, 0.15) is 5.75 Å². The molecule has 3 heteroatoms. The van der Waals surface area contributed by atoms with Crippen LogP contribution in [0.4, 0.5) is 0 Å². The molecule has 0 radical (unpaired) electrons. The first-order valence-corrected chi connectivity index (χ1v) is 14.8. The van der Waals surface area contributed by atoms with Crippen molar-refractivity contribution in [2.75, 3.05) is 7.11 Å². The lowest BCUT2D eigenvalue weighted by atomic mass is 9.56. The highest BCUT2D eigenvalue weighted by atomic mass is 79.9. The molecule has 1 fully saturated rings. The molecule has 0 aromatic heterocycles. The van der Waals surface area contributed by atoms with Gasteiger partial charge in [0, 0.05) is 15.5 Å². The molecule has 0 saturated heterocycles. The SMILES string of the molecule is C=Cc1ccc(-c2cccc(C(=O)/C=C/C3=C(Br)[C@@]4(C)CC[C@@H]5c6ccc(OC)cc6CC[C@H]5[C@@H]4C3)c2)cc1. The third-order valence-corrected chi connectivity index (χ3v) is 11.0. The fraction of sp³-hybridized carbons (Fsp3) is 0.306. The van der Waals surface area contributed by atoms with Gasteiger partial charge >= 0.3 is 0 Å². The third kappa shape index (κ3) is 4.65. The minimum atomic E-state index is 0.0470. The monoisotopic (exact) mass is 578 g/mol. The topological polar surface area (TPSA) is 26.3 Å². The molecule has 0 amide bonds. The fourth-order valence-electron chi connectivity index (χ4n) is 7.43. The zero-order chi connectivity index (χ0) is 27.1. The molecule has 0 spiro atoms. The molecule has 3 aliphatic rings. The summed E-state index contributed by atoms with van der Waals surface area (Å²) in [6, 6.07) is 22.9. The highest BCUT2D eigenvalue weighted by Crippen LogP contribution is 2.64. The smallest absolute Gasteiger partial charge is 0.185 e. The Morgan fingerprint density at radius 2 is 1.87 bits per heavy atom. The van der Waals surface area contributed by atoms with Gasteiger partial charge in [0.2, 0.25) is 0 Å². The molecule has 0 bridgehead atoms. The highest BCUT2D eigenvalue weighted by molar-refractivity contribution is 9.11. The molecule has 2 nitrogen and oxygen atoms in total. The van der Waals surface area contributed by atoms with Crippen molar-refractivity contribution < 1.29 is 9.53 Å². The van der Waals surface area contributed by atoms with Crippen molar-refractivity contribution in [2.24, 2.45) is 17.3 Å². The molecule has 198 valence electrons. The molecule has 3 aromatic carbocycles. The standard InChI is InChI=1S/C36H35BrO2/c1-4-23-8-10-24(11-9-23)25-6-5-7-27(20-25)34(38)17-13-28-22-33-32-15-12-26-21-29(39-3)14-16-30(26)31(32)18-19-36(33,2)35(28)37/h4-11,13-14,16-17,20-21,31-33H,1,12,15,18-19,22H2,2-3H3/b17-13+/t31-,32-,33+,36+/m1/s1. The van der Waals surface area contributed by atoms with Gasteiger partial charge in [-0.1, -0.05) is 90.1 Å². The molecule has 0 heterocycles. The molecule has 3 aromatic rings. The van der Waals surface area contributed by atoms with Gasteiger partial charge in [-0.15, -0.1) is 0 Å². The number of carbonyl (C=O) groups excluding carboxylic acids is 1. The van der Waals surface area contributed by atoms with Crippen LogP contribution in [0, 0.1) is 17.3 Å². The second kappa shape index (κ2) is 10.4. The van der Waals surface area contributed by atoms with Crippen molar-refractivity contribution >= 4 is 27.8 Å². The van der Waals surface area contributed by atoms with Crippen molar-refractivity contribution in [3.63, 3.8) is 0 Å². The molecular weight excluding hydrogens is 544 g/mol. The maximum Gasteiger partial charge on any atom is 0.185 e. The molecule has 0 aliphatic heterocycles. The maximum absolute atomic E-state index is 13.3. The molecule has 6 rings (SSSR count). The van der Waals surface area contributed by atoms with Crippen molar-refractivity contribution in [3.05, 3.63) is 118 Å². The van der Waals surface area contributed by atoms with Gasteiger partial charge in [0.15, 0.2) is 5.78 Å². The molecule has 3 aliphatic carbocycles. The Hall–Kier alpha value is -3.17. The summed E-state index contributed by atoms with van der Waals surface area (Å²) in [5.41, 5.74) is 8.37. The van der Waals surface area contributed by atoms with Crippen LogP contribution < -0.4 is 4.74 Å². The van der Waals surface area contributed by atoms with Crippen LogP contribution >= 0.6 is 15.9 Å². The fourth-order valence-corrected chi connectivity index (χ4v) is 8.21. The number of rotatable bonds is 6. The Labute approximate surface area is 240 Å². The van der Waals surface area contributed by atoms with Gasteiger partial charge in [-0.05, 0) is 108 Å². The van der Waals surface area contributed by atoms with Gasteiger partial charge in [-0.25, -0.2) is 0 Å². The number of halogens is 1. The first-order valence-electron chi connectivity index (χ1n) is 14.0. The number of ketones is 1. The van der Waals surface area contributed by atoms with Crippen LogP contribution in [-0.2, 0) is 6.42 Å². The summed E-state index contributed by atoms with van der Waals surface area (Å²) >= 11 is 4.02. The zero-order valence-electron chi connectivity index (χ0n) is 22.8. The number of fused-ring (bicyclic) bond motifs is 5. The van der Waals surface area contributed by atoms with Crippen molar-refractivity contribution in [1.82, 2.24) is 0 Å². The number of allylic oxidation sites excluding steroid dienone is 4. The van der Waals surface area contributed by atoms with Crippen LogP contribution in [0.1, 0.15) is 65.6 Å². The number of ether oxygens (including phenoxy) is 1. The molecule has 4 atom stereocenters. The van der Waals surface area contributed by atoms with E-state index in [1.54, 1.807) is 13.2 Å². The summed E-state index contributed by atoms with van der Waals surface area (Å²) in [6.45, 7) is 6.26. The predicted octanol–water partition coefficient (Wildman–Crippen LogP) is 9.56. The van der Waals surface area contributed by atoms with E-state index < -0.39 is 0 Å². The Morgan fingerprint density at radius 1 is 1.05 bits per heavy atom. The summed E-state index contributed by atoms with van der Waals surface area (Å²) in [5.74, 6) is 2.89. The second-order valence-electron chi connectivity index (χ2n) is 11.6. The van der Waals surface area contributed by atoms with Gasteiger partial charge in [0.05, 0.1) is 7.11 Å². The second-order valence-corrected chi connectivity index (χ2v) is 12.4. The summed E-state index contributed by atoms with van der Waals surface area (Å²) in [4.78, 5) is 13.3. The van der Waals surface area contributed by atoms with Crippen LogP contribution in [0.15, 0.2) is 95.5 Å². The summed E-state index contributed by atoms with van der Waals surface area (Å²) in [6.07, 6.45) is 11.5. The Bertz CT molecular complexity index is 1490. The first-order chi connectivity index (χ1) is 18.9. The van der Waals surface area contributed by atoms with E-state index in [1.165, 1.54) is 40.4 Å². The largest absolute Gasteiger partial charge is 0.497 e. The zero-order valence-corrected chi connectivity index (χ0v) is 24.3. The van der Waals surface area contributed by atoms with E-state index in [-0.39, 0.29) is 11.2 Å². The maximum atomic E-state index is 13.3. The molecule has 0 unspecified atom stereocenters. The van der Waals surface area contributed by atoms with E-state index in [4.69, 9.17) is 4.74 Å². The Balaban J connectivity index is 1.20. The minimum Gasteiger partial charge on any atom is -0.497 e. The number of carbonyl (C=O) groups is 1. The van der Waals surface area contributed by atoms with Crippen molar-refractivity contribution in [2.45, 2.75) is 44.9 Å². The predicted molar refractivity (Wildman–Crippen MR) is 164 cm³/mol. The van der Waals surface area contributed by atoms with E-state index >= 15 is 0 Å². The molecule has 39 heavy (non-hydrogen) atoms. The number of hydrogen-bond donors (Lipinski definition) is 0. The number of benzene rings is 3.